The van der Waals surface area contributed by atoms with E-state index in [0.29, 0.717) is 29.4 Å². The molecule has 3 rings (SSSR count). The summed E-state index contributed by atoms with van der Waals surface area (Å²) in [5, 5.41) is 16.7. The number of anilines is 2. The van der Waals surface area contributed by atoms with Crippen LogP contribution in [0.1, 0.15) is 36.0 Å². The van der Waals surface area contributed by atoms with Gasteiger partial charge >= 0.3 is 6.03 Å². The van der Waals surface area contributed by atoms with Gasteiger partial charge in [-0.15, -0.1) is 11.3 Å². The number of thiophene rings is 1. The Morgan fingerprint density at radius 1 is 1.21 bits per heavy atom. The normalized spacial score (nSPS) is 11.4. The first kappa shape index (κ1) is 20.8. The average molecular weight is 416 g/mol. The van der Waals surface area contributed by atoms with Gasteiger partial charge in [0.1, 0.15) is 5.00 Å². The quantitative estimate of drug-likeness (QED) is 0.457. The molecule has 0 bridgehead atoms. The molecular weight excluding hydrogens is 390 g/mol. The predicted octanol–water partition coefficient (Wildman–Crippen LogP) is 3.94. The van der Waals surface area contributed by atoms with E-state index < -0.39 is 6.03 Å². The summed E-state index contributed by atoms with van der Waals surface area (Å²) in [6.45, 7) is 7.01. The van der Waals surface area contributed by atoms with Crippen LogP contribution in [0, 0.1) is 0 Å². The number of aromatic nitrogens is 2. The molecule has 0 fully saturated rings. The Bertz CT molecular complexity index is 1020. The van der Waals surface area contributed by atoms with Gasteiger partial charge in [0.25, 0.3) is 5.91 Å². The van der Waals surface area contributed by atoms with Crippen molar-refractivity contribution < 1.29 is 14.3 Å². The van der Waals surface area contributed by atoms with Crippen LogP contribution >= 0.6 is 11.3 Å². The van der Waals surface area contributed by atoms with Crippen molar-refractivity contribution in [3.8, 4) is 0 Å². The number of hydrogen-bond acceptors (Lipinski definition) is 5. The summed E-state index contributed by atoms with van der Waals surface area (Å²) in [7, 11) is 1.58. The highest BCUT2D eigenvalue weighted by Crippen LogP contribution is 2.36. The number of hydrogen-bond donors (Lipinski definition) is 4. The second kappa shape index (κ2) is 8.62. The largest absolute Gasteiger partial charge is 0.383 e. The summed E-state index contributed by atoms with van der Waals surface area (Å²) < 4.78 is 4.97. The highest BCUT2D eigenvalue weighted by molar-refractivity contribution is 7.16. The van der Waals surface area contributed by atoms with E-state index >= 15 is 0 Å². The van der Waals surface area contributed by atoms with Crippen LogP contribution in [-0.2, 0) is 10.2 Å². The zero-order valence-corrected chi connectivity index (χ0v) is 17.7. The number of carbonyl (C=O) groups excluding carboxylic acids is 2. The second-order valence-electron chi connectivity index (χ2n) is 7.60. The van der Waals surface area contributed by atoms with Gasteiger partial charge in [-0.2, -0.15) is 5.10 Å². The number of nitrogens with zero attached hydrogens (tertiary/aromatic N) is 1. The molecule has 2 aromatic heterocycles. The van der Waals surface area contributed by atoms with Crippen LogP contribution in [0.4, 0.5) is 15.5 Å². The minimum Gasteiger partial charge on any atom is -0.383 e. The molecule has 3 aromatic rings. The maximum absolute atomic E-state index is 12.6. The Morgan fingerprint density at radius 2 is 2.00 bits per heavy atom. The lowest BCUT2D eigenvalue weighted by Gasteiger charge is -2.15. The first-order valence-electron chi connectivity index (χ1n) is 9.20. The smallest absolute Gasteiger partial charge is 0.324 e. The van der Waals surface area contributed by atoms with Crippen molar-refractivity contribution >= 4 is 44.9 Å². The lowest BCUT2D eigenvalue weighted by atomic mass is 9.94. The molecule has 0 saturated carbocycles. The summed E-state index contributed by atoms with van der Waals surface area (Å²) in [5.41, 5.74) is 1.82. The lowest BCUT2D eigenvalue weighted by Crippen LogP contribution is -2.28. The van der Waals surface area contributed by atoms with Crippen LogP contribution in [0.2, 0.25) is 0 Å². The number of fused-ring (bicyclic) bond motifs is 1. The van der Waals surface area contributed by atoms with E-state index in [9.17, 15) is 9.59 Å². The van der Waals surface area contributed by atoms with Gasteiger partial charge in [-0.05, 0) is 29.7 Å². The molecule has 2 heterocycles. The van der Waals surface area contributed by atoms with Crippen molar-refractivity contribution in [2.24, 2.45) is 0 Å². The number of nitrogens with one attached hydrogen (secondary N) is 4. The summed E-state index contributed by atoms with van der Waals surface area (Å²) in [6, 6.07) is 6.87. The van der Waals surface area contributed by atoms with Crippen molar-refractivity contribution in [3.63, 3.8) is 0 Å². The van der Waals surface area contributed by atoms with E-state index in [4.69, 9.17) is 4.74 Å². The topological polar surface area (TPSA) is 108 Å². The van der Waals surface area contributed by atoms with Gasteiger partial charge in [0.15, 0.2) is 0 Å². The molecule has 1 aromatic carbocycles. The standard InChI is InChI=1S/C20H25N5O3S/c1-20(2,3)16-10-14(17(26)21-7-8-28-4)18(29-16)24-19(27)23-13-5-6-15-12(9-13)11-22-25-15/h5-6,9-11H,7-8H2,1-4H3,(H,21,26)(H,22,25)(H2,23,24,27). The van der Waals surface area contributed by atoms with Gasteiger partial charge in [-0.1, -0.05) is 20.8 Å². The number of aromatic amines is 1. The maximum Gasteiger partial charge on any atom is 0.324 e. The van der Waals surface area contributed by atoms with Gasteiger partial charge in [0, 0.05) is 29.6 Å². The number of urea groups is 1. The molecule has 0 radical (unpaired) electrons. The molecule has 0 aliphatic carbocycles. The molecule has 3 amide bonds. The molecular formula is C20H25N5O3S. The second-order valence-corrected chi connectivity index (χ2v) is 8.66. The van der Waals surface area contributed by atoms with Crippen LogP contribution in [-0.4, -0.2) is 42.4 Å². The Kier molecular flexibility index (Phi) is 6.19. The molecule has 0 unspecified atom stereocenters. The summed E-state index contributed by atoms with van der Waals surface area (Å²) >= 11 is 1.40. The SMILES string of the molecule is COCCNC(=O)c1cc(C(C)(C)C)sc1NC(=O)Nc1ccc2[nH]ncc2c1. The van der Waals surface area contributed by atoms with Crippen molar-refractivity contribution in [2.75, 3.05) is 30.9 Å². The predicted molar refractivity (Wildman–Crippen MR) is 116 cm³/mol. The maximum atomic E-state index is 12.6. The Balaban J connectivity index is 1.77. The molecule has 9 heteroatoms. The number of amides is 3. The van der Waals surface area contributed by atoms with Gasteiger partial charge < -0.3 is 15.4 Å². The van der Waals surface area contributed by atoms with Gasteiger partial charge in [0.2, 0.25) is 0 Å². The summed E-state index contributed by atoms with van der Waals surface area (Å²) in [4.78, 5) is 26.2. The summed E-state index contributed by atoms with van der Waals surface area (Å²) in [5.74, 6) is -0.246. The van der Waals surface area contributed by atoms with E-state index in [2.05, 4.69) is 46.9 Å². The van der Waals surface area contributed by atoms with E-state index in [0.717, 1.165) is 15.8 Å². The number of methoxy groups -OCH3 is 1. The highest BCUT2D eigenvalue weighted by atomic mass is 32.1. The van der Waals surface area contributed by atoms with Crippen molar-refractivity contribution in [1.29, 1.82) is 0 Å². The fraction of sp³-hybridized carbons (Fsp3) is 0.350. The van der Waals surface area contributed by atoms with Gasteiger partial charge in [-0.25, -0.2) is 4.79 Å². The molecule has 0 aliphatic heterocycles. The third kappa shape index (κ3) is 5.12. The van der Waals surface area contributed by atoms with Crippen molar-refractivity contribution in [3.05, 3.63) is 40.9 Å². The van der Waals surface area contributed by atoms with Crippen LogP contribution in [0.15, 0.2) is 30.5 Å². The summed E-state index contributed by atoms with van der Waals surface area (Å²) in [6.07, 6.45) is 1.69. The van der Waals surface area contributed by atoms with E-state index in [-0.39, 0.29) is 11.3 Å². The molecule has 0 spiro atoms. The Hall–Kier alpha value is -2.91. The lowest BCUT2D eigenvalue weighted by molar-refractivity contribution is 0.0938. The van der Waals surface area contributed by atoms with Crippen LogP contribution in [0.3, 0.4) is 0 Å². The van der Waals surface area contributed by atoms with Gasteiger partial charge in [-0.3, -0.25) is 15.2 Å². The Morgan fingerprint density at radius 3 is 2.72 bits per heavy atom. The Labute approximate surface area is 173 Å². The first-order valence-corrected chi connectivity index (χ1v) is 10.0. The van der Waals surface area contributed by atoms with Crippen LogP contribution in [0.5, 0.6) is 0 Å². The van der Waals surface area contributed by atoms with E-state index in [1.807, 2.05) is 18.2 Å². The number of carbonyl (C=O) groups is 2. The minimum atomic E-state index is -0.416. The average Bonchev–Trinajstić information content (AvgIpc) is 3.28. The molecule has 0 atom stereocenters. The fourth-order valence-corrected chi connectivity index (χ4v) is 3.78. The van der Waals surface area contributed by atoms with E-state index in [1.54, 1.807) is 19.4 Å². The number of H-pyrrole nitrogens is 1. The fourth-order valence-electron chi connectivity index (χ4n) is 2.67. The number of ether oxygens (including phenoxy) is 1. The molecule has 154 valence electrons. The third-order valence-corrected chi connectivity index (χ3v) is 5.71. The highest BCUT2D eigenvalue weighted by Gasteiger charge is 2.24. The zero-order valence-electron chi connectivity index (χ0n) is 16.9. The van der Waals surface area contributed by atoms with Crippen LogP contribution in [0.25, 0.3) is 10.9 Å². The minimum absolute atomic E-state index is 0.144. The van der Waals surface area contributed by atoms with Crippen molar-refractivity contribution in [2.45, 2.75) is 26.2 Å². The van der Waals surface area contributed by atoms with Crippen LogP contribution < -0.4 is 16.0 Å². The van der Waals surface area contributed by atoms with Crippen molar-refractivity contribution in [1.82, 2.24) is 15.5 Å². The number of benzene rings is 1. The third-order valence-electron chi connectivity index (χ3n) is 4.23. The van der Waals surface area contributed by atoms with Gasteiger partial charge in [0.05, 0.1) is 23.9 Å². The first-order chi connectivity index (χ1) is 13.8. The monoisotopic (exact) mass is 415 g/mol. The molecule has 0 saturated heterocycles. The molecule has 0 aliphatic rings. The molecule has 4 N–H and O–H groups in total. The molecule has 8 nitrogen and oxygen atoms in total. The number of rotatable bonds is 6. The zero-order chi connectivity index (χ0) is 21.0. The van der Waals surface area contributed by atoms with E-state index in [1.165, 1.54) is 11.3 Å². The molecule has 29 heavy (non-hydrogen) atoms.